The van der Waals surface area contributed by atoms with Gasteiger partial charge in [0.15, 0.2) is 11.5 Å². The van der Waals surface area contributed by atoms with Crippen molar-refractivity contribution in [1.82, 2.24) is 0 Å². The number of rotatable bonds is 5. The van der Waals surface area contributed by atoms with Gasteiger partial charge in [-0.15, -0.1) is 0 Å². The number of methoxy groups -OCH3 is 2. The van der Waals surface area contributed by atoms with Crippen LogP contribution >= 0.6 is 11.6 Å². The van der Waals surface area contributed by atoms with Crippen molar-refractivity contribution in [2.24, 2.45) is 0 Å². The van der Waals surface area contributed by atoms with Crippen molar-refractivity contribution in [3.8, 4) is 17.2 Å². The van der Waals surface area contributed by atoms with Crippen molar-refractivity contribution in [1.29, 1.82) is 0 Å². The zero-order valence-corrected chi connectivity index (χ0v) is 12.4. The van der Waals surface area contributed by atoms with Gasteiger partial charge in [-0.2, -0.15) is 0 Å². The molecule has 21 heavy (non-hydrogen) atoms. The fraction of sp³-hybridized carbons (Fsp3) is 0.200. The third kappa shape index (κ3) is 3.49. The maximum atomic E-state index is 13.1. The monoisotopic (exact) mass is 311 g/mol. The minimum absolute atomic E-state index is 0.0476. The number of hydrogen-bond donors (Lipinski definition) is 2. The van der Waals surface area contributed by atoms with Crippen LogP contribution in [0.4, 0.5) is 10.1 Å². The van der Waals surface area contributed by atoms with Gasteiger partial charge in [-0.1, -0.05) is 11.6 Å². The lowest BCUT2D eigenvalue weighted by Crippen LogP contribution is -2.01. The van der Waals surface area contributed by atoms with Crippen LogP contribution in [-0.4, -0.2) is 19.3 Å². The minimum atomic E-state index is -0.463. The van der Waals surface area contributed by atoms with E-state index in [1.807, 2.05) is 0 Å². The summed E-state index contributed by atoms with van der Waals surface area (Å²) in [5.74, 6) is 0.135. The number of nitrogens with one attached hydrogen (secondary N) is 1. The fourth-order valence-corrected chi connectivity index (χ4v) is 2.04. The number of phenolic OH excluding ortho intramolecular Hbond substituents is 1. The van der Waals surface area contributed by atoms with Crippen LogP contribution in [0.15, 0.2) is 30.3 Å². The van der Waals surface area contributed by atoms with Crippen molar-refractivity contribution < 1.29 is 19.0 Å². The second kappa shape index (κ2) is 6.54. The van der Waals surface area contributed by atoms with Crippen LogP contribution in [-0.2, 0) is 6.54 Å². The normalized spacial score (nSPS) is 10.3. The molecule has 0 aliphatic carbocycles. The molecule has 0 atom stereocenters. The summed E-state index contributed by atoms with van der Waals surface area (Å²) in [6.45, 7) is 0.439. The van der Waals surface area contributed by atoms with Crippen LogP contribution in [0.3, 0.4) is 0 Å². The molecule has 0 saturated carbocycles. The molecule has 2 aromatic carbocycles. The maximum absolute atomic E-state index is 13.1. The Morgan fingerprint density at radius 3 is 2.29 bits per heavy atom. The molecule has 0 radical (unpaired) electrons. The predicted octanol–water partition coefficient (Wildman–Crippen LogP) is 3.81. The number of aromatic hydroxyl groups is 1. The zero-order valence-electron chi connectivity index (χ0n) is 11.6. The molecule has 0 amide bonds. The molecule has 2 aromatic rings. The molecule has 0 heterocycles. The van der Waals surface area contributed by atoms with Gasteiger partial charge < -0.3 is 19.9 Å². The Balaban J connectivity index is 2.17. The van der Waals surface area contributed by atoms with E-state index >= 15 is 0 Å². The lowest BCUT2D eigenvalue weighted by atomic mass is 10.1. The minimum Gasteiger partial charge on any atom is -0.502 e. The van der Waals surface area contributed by atoms with Gasteiger partial charge in [0.1, 0.15) is 5.82 Å². The van der Waals surface area contributed by atoms with E-state index in [1.54, 1.807) is 18.2 Å². The number of anilines is 1. The van der Waals surface area contributed by atoms with Gasteiger partial charge in [-0.05, 0) is 35.9 Å². The highest BCUT2D eigenvalue weighted by Crippen LogP contribution is 2.37. The Bertz CT molecular complexity index is 624. The average molecular weight is 312 g/mol. The SMILES string of the molecule is COc1cc(CNc2ccc(F)c(Cl)c2)cc(OC)c1O. The van der Waals surface area contributed by atoms with Gasteiger partial charge in [0.2, 0.25) is 5.75 Å². The van der Waals surface area contributed by atoms with Gasteiger partial charge in [0.05, 0.1) is 19.2 Å². The second-order valence-electron chi connectivity index (χ2n) is 4.33. The molecule has 0 spiro atoms. The average Bonchev–Trinajstić information content (AvgIpc) is 2.49. The number of halogens is 2. The highest BCUT2D eigenvalue weighted by molar-refractivity contribution is 6.31. The molecule has 0 unspecified atom stereocenters. The standard InChI is InChI=1S/C15H15ClFNO3/c1-20-13-5-9(6-14(21-2)15(13)19)8-18-10-3-4-12(17)11(16)7-10/h3-7,18-19H,8H2,1-2H3. The van der Waals surface area contributed by atoms with Gasteiger partial charge in [0, 0.05) is 12.2 Å². The number of phenols is 1. The van der Waals surface area contributed by atoms with E-state index < -0.39 is 5.82 Å². The van der Waals surface area contributed by atoms with E-state index in [1.165, 1.54) is 26.4 Å². The largest absolute Gasteiger partial charge is 0.502 e. The molecule has 0 aromatic heterocycles. The summed E-state index contributed by atoms with van der Waals surface area (Å²) in [7, 11) is 2.93. The van der Waals surface area contributed by atoms with E-state index in [0.29, 0.717) is 23.7 Å². The fourth-order valence-electron chi connectivity index (χ4n) is 1.86. The maximum Gasteiger partial charge on any atom is 0.200 e. The molecule has 4 nitrogen and oxygen atoms in total. The van der Waals surface area contributed by atoms with Crippen molar-refractivity contribution >= 4 is 17.3 Å². The first-order chi connectivity index (χ1) is 10.0. The third-order valence-electron chi connectivity index (χ3n) is 2.96. The highest BCUT2D eigenvalue weighted by atomic mass is 35.5. The molecule has 2 N–H and O–H groups in total. The second-order valence-corrected chi connectivity index (χ2v) is 4.74. The summed E-state index contributed by atoms with van der Waals surface area (Å²) in [6.07, 6.45) is 0. The van der Waals surface area contributed by atoms with Crippen molar-refractivity contribution in [3.63, 3.8) is 0 Å². The van der Waals surface area contributed by atoms with Crippen LogP contribution in [0.25, 0.3) is 0 Å². The summed E-state index contributed by atoms with van der Waals surface area (Å²) in [5.41, 5.74) is 1.52. The van der Waals surface area contributed by atoms with E-state index in [-0.39, 0.29) is 10.8 Å². The summed E-state index contributed by atoms with van der Waals surface area (Å²) >= 11 is 5.72. The van der Waals surface area contributed by atoms with Crippen LogP contribution in [0.1, 0.15) is 5.56 Å². The zero-order chi connectivity index (χ0) is 15.4. The Morgan fingerprint density at radius 1 is 1.14 bits per heavy atom. The van der Waals surface area contributed by atoms with Gasteiger partial charge in [0.25, 0.3) is 0 Å². The lowest BCUT2D eigenvalue weighted by Gasteiger charge is -2.12. The third-order valence-corrected chi connectivity index (χ3v) is 3.25. The molecule has 112 valence electrons. The predicted molar refractivity (Wildman–Crippen MR) is 79.9 cm³/mol. The van der Waals surface area contributed by atoms with Gasteiger partial charge in [-0.25, -0.2) is 4.39 Å². The summed E-state index contributed by atoms with van der Waals surface area (Å²) in [6, 6.07) is 7.77. The van der Waals surface area contributed by atoms with Crippen molar-refractivity contribution in [3.05, 3.63) is 46.7 Å². The first-order valence-electron chi connectivity index (χ1n) is 6.18. The van der Waals surface area contributed by atoms with E-state index in [0.717, 1.165) is 5.56 Å². The number of benzene rings is 2. The van der Waals surface area contributed by atoms with E-state index in [9.17, 15) is 9.50 Å². The molecular weight excluding hydrogens is 297 g/mol. The molecule has 0 aliphatic heterocycles. The van der Waals surface area contributed by atoms with Gasteiger partial charge >= 0.3 is 0 Å². The molecule has 6 heteroatoms. The summed E-state index contributed by atoms with van der Waals surface area (Å²) in [4.78, 5) is 0. The molecule has 0 fully saturated rings. The number of ether oxygens (including phenoxy) is 2. The highest BCUT2D eigenvalue weighted by Gasteiger charge is 2.11. The Kier molecular flexibility index (Phi) is 4.75. The molecule has 0 bridgehead atoms. The molecule has 2 rings (SSSR count). The van der Waals surface area contributed by atoms with Crippen LogP contribution in [0.2, 0.25) is 5.02 Å². The quantitative estimate of drug-likeness (QED) is 0.881. The van der Waals surface area contributed by atoms with Gasteiger partial charge in [-0.3, -0.25) is 0 Å². The van der Waals surface area contributed by atoms with Crippen LogP contribution < -0.4 is 14.8 Å². The van der Waals surface area contributed by atoms with E-state index in [2.05, 4.69) is 5.32 Å². The van der Waals surface area contributed by atoms with Crippen molar-refractivity contribution in [2.45, 2.75) is 6.54 Å². The number of hydrogen-bond acceptors (Lipinski definition) is 4. The van der Waals surface area contributed by atoms with Crippen LogP contribution in [0, 0.1) is 5.82 Å². The van der Waals surface area contributed by atoms with Crippen LogP contribution in [0.5, 0.6) is 17.2 Å². The Labute approximate surface area is 127 Å². The molecule has 0 aliphatic rings. The topological polar surface area (TPSA) is 50.7 Å². The first-order valence-corrected chi connectivity index (χ1v) is 6.55. The summed E-state index contributed by atoms with van der Waals surface area (Å²) < 4.78 is 23.3. The Hall–Kier alpha value is -2.14. The molecular formula is C15H15ClFNO3. The molecule has 0 saturated heterocycles. The smallest absolute Gasteiger partial charge is 0.200 e. The summed E-state index contributed by atoms with van der Waals surface area (Å²) in [5, 5.41) is 13.0. The van der Waals surface area contributed by atoms with E-state index in [4.69, 9.17) is 21.1 Å². The Morgan fingerprint density at radius 2 is 1.76 bits per heavy atom. The lowest BCUT2D eigenvalue weighted by molar-refractivity contribution is 0.339. The van der Waals surface area contributed by atoms with Crippen molar-refractivity contribution in [2.75, 3.05) is 19.5 Å². The first kappa shape index (κ1) is 15.3.